The van der Waals surface area contributed by atoms with Crippen molar-refractivity contribution < 1.29 is 0 Å². The van der Waals surface area contributed by atoms with Crippen LogP contribution in [0.1, 0.15) is 28.7 Å². The molecule has 0 fully saturated rings. The molecule has 1 aromatic carbocycles. The van der Waals surface area contributed by atoms with Crippen molar-refractivity contribution in [2.24, 2.45) is 4.99 Å². The van der Waals surface area contributed by atoms with Crippen LogP contribution in [0.4, 0.5) is 0 Å². The molecule has 24 heavy (non-hydrogen) atoms. The number of hydrogen-bond acceptors (Lipinski definition) is 2. The highest BCUT2D eigenvalue weighted by molar-refractivity contribution is 14.0. The SMILES string of the molecule is CN=C(NCCCn1cc(C)cn1)NCc1ccc(C)cc1C.I. The summed E-state index contributed by atoms with van der Waals surface area (Å²) in [4.78, 5) is 4.27. The fourth-order valence-electron chi connectivity index (χ4n) is 2.48. The summed E-state index contributed by atoms with van der Waals surface area (Å²) in [6.07, 6.45) is 4.95. The highest BCUT2D eigenvalue weighted by Gasteiger charge is 2.01. The lowest BCUT2D eigenvalue weighted by atomic mass is 10.1. The topological polar surface area (TPSA) is 54.2 Å². The van der Waals surface area contributed by atoms with Gasteiger partial charge in [-0.05, 0) is 43.9 Å². The van der Waals surface area contributed by atoms with E-state index in [0.29, 0.717) is 0 Å². The molecule has 0 aliphatic carbocycles. The van der Waals surface area contributed by atoms with Crippen molar-refractivity contribution in [1.29, 1.82) is 0 Å². The van der Waals surface area contributed by atoms with Crippen molar-refractivity contribution >= 4 is 29.9 Å². The Kier molecular flexibility index (Phi) is 8.81. The molecule has 0 bridgehead atoms. The van der Waals surface area contributed by atoms with Crippen LogP contribution in [-0.2, 0) is 13.1 Å². The van der Waals surface area contributed by atoms with Gasteiger partial charge in [-0.25, -0.2) is 0 Å². The molecule has 0 saturated carbocycles. The number of hydrogen-bond donors (Lipinski definition) is 2. The zero-order valence-corrected chi connectivity index (χ0v) is 17.3. The van der Waals surface area contributed by atoms with Gasteiger partial charge in [0.1, 0.15) is 0 Å². The second-order valence-corrected chi connectivity index (χ2v) is 5.92. The summed E-state index contributed by atoms with van der Waals surface area (Å²) in [7, 11) is 1.80. The Labute approximate surface area is 162 Å². The van der Waals surface area contributed by atoms with Gasteiger partial charge in [0.05, 0.1) is 6.20 Å². The summed E-state index contributed by atoms with van der Waals surface area (Å²) < 4.78 is 1.98. The van der Waals surface area contributed by atoms with Crippen molar-refractivity contribution in [3.8, 4) is 0 Å². The minimum Gasteiger partial charge on any atom is -0.356 e. The number of aryl methyl sites for hydroxylation is 4. The number of halogens is 1. The van der Waals surface area contributed by atoms with Gasteiger partial charge in [0.2, 0.25) is 0 Å². The molecule has 0 atom stereocenters. The summed E-state index contributed by atoms with van der Waals surface area (Å²) >= 11 is 0. The quantitative estimate of drug-likeness (QED) is 0.314. The molecule has 2 aromatic rings. The van der Waals surface area contributed by atoms with E-state index in [0.717, 1.165) is 32.0 Å². The zero-order valence-electron chi connectivity index (χ0n) is 15.0. The summed E-state index contributed by atoms with van der Waals surface area (Å²) in [5, 5.41) is 11.0. The van der Waals surface area contributed by atoms with Gasteiger partial charge in [-0.1, -0.05) is 23.8 Å². The van der Waals surface area contributed by atoms with E-state index in [1.807, 2.05) is 10.9 Å². The maximum Gasteiger partial charge on any atom is 0.191 e. The molecule has 0 aliphatic rings. The lowest BCUT2D eigenvalue weighted by Gasteiger charge is -2.13. The number of aliphatic imine (C=N–C) groups is 1. The fourth-order valence-corrected chi connectivity index (χ4v) is 2.48. The van der Waals surface area contributed by atoms with Gasteiger partial charge < -0.3 is 10.6 Å². The third kappa shape index (κ3) is 6.51. The van der Waals surface area contributed by atoms with Crippen molar-refractivity contribution in [3.05, 3.63) is 52.8 Å². The van der Waals surface area contributed by atoms with Crippen LogP contribution in [0.25, 0.3) is 0 Å². The Bertz CT molecular complexity index is 663. The molecule has 132 valence electrons. The Balaban J connectivity index is 0.00000288. The Morgan fingerprint density at radius 1 is 1.17 bits per heavy atom. The van der Waals surface area contributed by atoms with Gasteiger partial charge in [-0.2, -0.15) is 5.10 Å². The molecule has 0 radical (unpaired) electrons. The molecule has 5 nitrogen and oxygen atoms in total. The van der Waals surface area contributed by atoms with Crippen LogP contribution < -0.4 is 10.6 Å². The lowest BCUT2D eigenvalue weighted by Crippen LogP contribution is -2.37. The van der Waals surface area contributed by atoms with E-state index in [1.54, 1.807) is 7.05 Å². The van der Waals surface area contributed by atoms with Gasteiger partial charge >= 0.3 is 0 Å². The summed E-state index contributed by atoms with van der Waals surface area (Å²) in [5.74, 6) is 0.835. The van der Waals surface area contributed by atoms with Crippen molar-refractivity contribution in [2.45, 2.75) is 40.3 Å². The molecule has 1 heterocycles. The highest BCUT2D eigenvalue weighted by atomic mass is 127. The Morgan fingerprint density at radius 2 is 1.96 bits per heavy atom. The zero-order chi connectivity index (χ0) is 16.7. The molecule has 2 rings (SSSR count). The van der Waals surface area contributed by atoms with Crippen molar-refractivity contribution in [1.82, 2.24) is 20.4 Å². The standard InChI is InChI=1S/C18H27N5.HI/c1-14-6-7-17(16(3)10-14)12-21-18(19-4)20-8-5-9-23-13-15(2)11-22-23;/h6-7,10-11,13H,5,8-9,12H2,1-4H3,(H2,19,20,21);1H. The van der Waals surface area contributed by atoms with Gasteiger partial charge in [0.15, 0.2) is 5.96 Å². The molecule has 0 unspecified atom stereocenters. The van der Waals surface area contributed by atoms with Crippen LogP contribution in [0.5, 0.6) is 0 Å². The van der Waals surface area contributed by atoms with E-state index < -0.39 is 0 Å². The van der Waals surface area contributed by atoms with Crippen LogP contribution in [0.15, 0.2) is 35.6 Å². The largest absolute Gasteiger partial charge is 0.356 e. The first-order chi connectivity index (χ1) is 11.1. The van der Waals surface area contributed by atoms with Crippen molar-refractivity contribution in [3.63, 3.8) is 0 Å². The predicted molar refractivity (Wildman–Crippen MR) is 111 cm³/mol. The van der Waals surface area contributed by atoms with Crippen molar-refractivity contribution in [2.75, 3.05) is 13.6 Å². The average molecular weight is 441 g/mol. The normalized spacial score (nSPS) is 11.1. The van der Waals surface area contributed by atoms with E-state index >= 15 is 0 Å². The van der Waals surface area contributed by atoms with Crippen LogP contribution in [-0.4, -0.2) is 29.3 Å². The lowest BCUT2D eigenvalue weighted by molar-refractivity contribution is 0.570. The van der Waals surface area contributed by atoms with Crippen LogP contribution in [0.2, 0.25) is 0 Å². The predicted octanol–water partition coefficient (Wildman–Crippen LogP) is 3.18. The monoisotopic (exact) mass is 441 g/mol. The molecular formula is C18H28IN5. The van der Waals surface area contributed by atoms with E-state index in [9.17, 15) is 0 Å². The average Bonchev–Trinajstić information content (AvgIpc) is 2.93. The van der Waals surface area contributed by atoms with E-state index in [1.165, 1.54) is 22.3 Å². The number of nitrogens with one attached hydrogen (secondary N) is 2. The maximum absolute atomic E-state index is 4.29. The third-order valence-electron chi connectivity index (χ3n) is 3.79. The summed E-state index contributed by atoms with van der Waals surface area (Å²) in [6.45, 7) is 8.88. The molecule has 0 aliphatic heterocycles. The number of nitrogens with zero attached hydrogens (tertiary/aromatic N) is 3. The Morgan fingerprint density at radius 3 is 2.58 bits per heavy atom. The van der Waals surface area contributed by atoms with Crippen LogP contribution in [0.3, 0.4) is 0 Å². The van der Waals surface area contributed by atoms with Gasteiger partial charge in [-0.15, -0.1) is 24.0 Å². The third-order valence-corrected chi connectivity index (χ3v) is 3.79. The summed E-state index contributed by atoms with van der Waals surface area (Å²) in [5.41, 5.74) is 5.10. The molecule has 1 aromatic heterocycles. The first kappa shape index (κ1) is 20.5. The smallest absolute Gasteiger partial charge is 0.191 e. The highest BCUT2D eigenvalue weighted by Crippen LogP contribution is 2.09. The second-order valence-electron chi connectivity index (χ2n) is 5.92. The molecule has 2 N–H and O–H groups in total. The van der Waals surface area contributed by atoms with Gasteiger partial charge in [0, 0.05) is 32.9 Å². The fraction of sp³-hybridized carbons (Fsp3) is 0.444. The Hall–Kier alpha value is -1.57. The van der Waals surface area contributed by atoms with Gasteiger partial charge in [-0.3, -0.25) is 9.67 Å². The molecule has 6 heteroatoms. The minimum atomic E-state index is 0. The van der Waals surface area contributed by atoms with E-state index in [-0.39, 0.29) is 24.0 Å². The molecular weight excluding hydrogens is 413 g/mol. The first-order valence-electron chi connectivity index (χ1n) is 8.08. The number of rotatable bonds is 6. The summed E-state index contributed by atoms with van der Waals surface area (Å²) in [6, 6.07) is 6.52. The molecule has 0 amide bonds. The maximum atomic E-state index is 4.29. The molecule has 0 spiro atoms. The van der Waals surface area contributed by atoms with Crippen LogP contribution >= 0.6 is 24.0 Å². The minimum absolute atomic E-state index is 0. The van der Waals surface area contributed by atoms with Gasteiger partial charge in [0.25, 0.3) is 0 Å². The first-order valence-corrected chi connectivity index (χ1v) is 8.08. The molecule has 0 saturated heterocycles. The van der Waals surface area contributed by atoms with Crippen LogP contribution in [0, 0.1) is 20.8 Å². The number of benzene rings is 1. The number of aromatic nitrogens is 2. The van der Waals surface area contributed by atoms with E-state index in [4.69, 9.17) is 0 Å². The number of guanidine groups is 1. The second kappa shape index (κ2) is 10.3. The van der Waals surface area contributed by atoms with E-state index in [2.05, 4.69) is 65.9 Å².